The van der Waals surface area contributed by atoms with Crippen molar-refractivity contribution in [2.45, 2.75) is 19.4 Å². The molecule has 0 spiro atoms. The number of amides is 1. The highest BCUT2D eigenvalue weighted by atomic mass is 16.1. The molecule has 0 radical (unpaired) electrons. The van der Waals surface area contributed by atoms with Crippen molar-refractivity contribution in [2.24, 2.45) is 16.7 Å². The summed E-state index contributed by atoms with van der Waals surface area (Å²) in [5, 5.41) is 6.21. The third kappa shape index (κ3) is 2.50. The Bertz CT molecular complexity index is 227. The second kappa shape index (κ2) is 3.97. The van der Waals surface area contributed by atoms with Crippen molar-refractivity contribution in [2.75, 3.05) is 13.1 Å². The molecule has 6 nitrogen and oxygen atoms in total. The number of likely N-dealkylation sites (tertiary alicyclic amines) is 1. The first-order chi connectivity index (χ1) is 6.13. The van der Waals surface area contributed by atoms with Gasteiger partial charge in [0.05, 0.1) is 0 Å². The van der Waals surface area contributed by atoms with E-state index in [1.165, 1.54) is 6.92 Å². The highest BCUT2D eigenvalue weighted by Crippen LogP contribution is 2.07. The van der Waals surface area contributed by atoms with Crippen LogP contribution in [0, 0.1) is 0 Å². The van der Waals surface area contributed by atoms with E-state index in [4.69, 9.17) is 11.6 Å². The van der Waals surface area contributed by atoms with Crippen molar-refractivity contribution >= 4 is 11.9 Å². The molecular weight excluding hydrogens is 170 g/mol. The first-order valence-corrected chi connectivity index (χ1v) is 4.19. The van der Waals surface area contributed by atoms with Crippen LogP contribution in [0.5, 0.6) is 0 Å². The zero-order chi connectivity index (χ0) is 9.84. The summed E-state index contributed by atoms with van der Waals surface area (Å²) in [6, 6.07) is 0.165. The van der Waals surface area contributed by atoms with E-state index >= 15 is 0 Å². The highest BCUT2D eigenvalue weighted by Gasteiger charge is 2.23. The Morgan fingerprint density at radius 1 is 1.69 bits per heavy atom. The molecule has 0 aliphatic carbocycles. The first-order valence-electron chi connectivity index (χ1n) is 4.19. The summed E-state index contributed by atoms with van der Waals surface area (Å²) in [7, 11) is 0. The largest absolute Gasteiger partial charge is 0.368 e. The lowest BCUT2D eigenvalue weighted by molar-refractivity contribution is -0.119. The Kier molecular flexibility index (Phi) is 2.94. The maximum atomic E-state index is 10.7. The van der Waals surface area contributed by atoms with Crippen LogP contribution in [0.4, 0.5) is 0 Å². The molecule has 1 amide bonds. The van der Waals surface area contributed by atoms with Crippen molar-refractivity contribution in [1.29, 1.82) is 0 Å². The van der Waals surface area contributed by atoms with Gasteiger partial charge in [0.1, 0.15) is 0 Å². The summed E-state index contributed by atoms with van der Waals surface area (Å²) < 4.78 is 0. The average molecular weight is 185 g/mol. The molecule has 6 heteroatoms. The maximum absolute atomic E-state index is 10.7. The number of carbonyl (C=O) groups is 1. The average Bonchev–Trinajstić information content (AvgIpc) is 2.50. The Balaban J connectivity index is 2.40. The number of guanidine groups is 1. The van der Waals surface area contributed by atoms with Gasteiger partial charge >= 0.3 is 0 Å². The topological polar surface area (TPSA) is 96.7 Å². The predicted molar refractivity (Wildman–Crippen MR) is 49.6 cm³/mol. The molecule has 1 fully saturated rings. The van der Waals surface area contributed by atoms with Crippen LogP contribution < -0.4 is 16.9 Å². The van der Waals surface area contributed by atoms with Gasteiger partial charge in [-0.3, -0.25) is 4.79 Å². The zero-order valence-corrected chi connectivity index (χ0v) is 7.66. The minimum atomic E-state index is -0.0184. The number of nitrogens with zero attached hydrogens (tertiary/aromatic N) is 2. The molecule has 1 saturated heterocycles. The first kappa shape index (κ1) is 9.63. The van der Waals surface area contributed by atoms with E-state index in [-0.39, 0.29) is 11.9 Å². The van der Waals surface area contributed by atoms with E-state index in [2.05, 4.69) is 10.4 Å². The summed E-state index contributed by atoms with van der Waals surface area (Å²) in [5.41, 5.74) is 5.51. The fraction of sp³-hybridized carbons (Fsp3) is 0.714. The van der Waals surface area contributed by atoms with Crippen molar-refractivity contribution in [3.63, 3.8) is 0 Å². The van der Waals surface area contributed by atoms with Gasteiger partial charge < -0.3 is 21.8 Å². The number of nitrogens with one attached hydrogen (secondary N) is 1. The monoisotopic (exact) mass is 185 g/mol. The maximum Gasteiger partial charge on any atom is 0.217 e. The van der Waals surface area contributed by atoms with Gasteiger partial charge in [-0.05, 0) is 6.42 Å². The van der Waals surface area contributed by atoms with E-state index in [1.807, 2.05) is 4.90 Å². The third-order valence-corrected chi connectivity index (χ3v) is 2.05. The predicted octanol–water partition coefficient (Wildman–Crippen LogP) is -1.61. The smallest absolute Gasteiger partial charge is 0.217 e. The van der Waals surface area contributed by atoms with Gasteiger partial charge in [-0.15, -0.1) is 5.10 Å². The molecule has 13 heavy (non-hydrogen) atoms. The van der Waals surface area contributed by atoms with Crippen LogP contribution in [0.2, 0.25) is 0 Å². The number of carbonyl (C=O) groups excluding carboxylic acids is 1. The normalized spacial score (nSPS) is 23.3. The SMILES string of the molecule is CC(=O)NC1CCN(C(N)=NN)C1. The van der Waals surface area contributed by atoms with Crippen LogP contribution in [0.3, 0.4) is 0 Å². The summed E-state index contributed by atoms with van der Waals surface area (Å²) in [6.07, 6.45) is 0.885. The molecule has 0 aromatic heterocycles. The molecule has 1 aliphatic heterocycles. The van der Waals surface area contributed by atoms with Gasteiger partial charge in [-0.1, -0.05) is 0 Å². The van der Waals surface area contributed by atoms with Gasteiger partial charge in [0.15, 0.2) is 0 Å². The summed E-state index contributed by atoms with van der Waals surface area (Å²) in [5.74, 6) is 5.34. The quantitative estimate of drug-likeness (QED) is 0.198. The van der Waals surface area contributed by atoms with Crippen LogP contribution in [-0.2, 0) is 4.79 Å². The fourth-order valence-corrected chi connectivity index (χ4v) is 1.46. The minimum absolute atomic E-state index is 0.0184. The van der Waals surface area contributed by atoms with Crippen molar-refractivity contribution in [3.8, 4) is 0 Å². The number of rotatable bonds is 1. The van der Waals surface area contributed by atoms with E-state index < -0.39 is 0 Å². The van der Waals surface area contributed by atoms with Crippen LogP contribution in [0.15, 0.2) is 5.10 Å². The molecule has 74 valence electrons. The molecule has 5 N–H and O–H groups in total. The van der Waals surface area contributed by atoms with E-state index in [9.17, 15) is 4.79 Å². The minimum Gasteiger partial charge on any atom is -0.368 e. The second-order valence-corrected chi connectivity index (χ2v) is 3.12. The molecule has 1 aliphatic rings. The van der Waals surface area contributed by atoms with Crippen LogP contribution in [0.25, 0.3) is 0 Å². The molecule has 1 unspecified atom stereocenters. The van der Waals surface area contributed by atoms with E-state index in [1.54, 1.807) is 0 Å². The highest BCUT2D eigenvalue weighted by molar-refractivity contribution is 5.78. The van der Waals surface area contributed by atoms with Gasteiger partial charge in [0, 0.05) is 26.1 Å². The van der Waals surface area contributed by atoms with Gasteiger partial charge in [-0.25, -0.2) is 0 Å². The molecule has 1 atom stereocenters. The molecular formula is C7H15N5O. The standard InChI is InChI=1S/C7H15N5O/c1-5(13)10-6-2-3-12(4-6)7(8)11-9/h6H,2-4,9H2,1H3,(H2,8,11)(H,10,13). The van der Waals surface area contributed by atoms with Gasteiger partial charge in [0.2, 0.25) is 11.9 Å². The molecule has 1 rings (SSSR count). The molecule has 0 aromatic rings. The van der Waals surface area contributed by atoms with Crippen LogP contribution in [0.1, 0.15) is 13.3 Å². The lowest BCUT2D eigenvalue weighted by Gasteiger charge is -2.16. The van der Waals surface area contributed by atoms with Crippen molar-refractivity contribution in [1.82, 2.24) is 10.2 Å². The Hall–Kier alpha value is -1.46. The number of hydrogen-bond acceptors (Lipinski definition) is 3. The van der Waals surface area contributed by atoms with Crippen LogP contribution in [-0.4, -0.2) is 35.9 Å². The van der Waals surface area contributed by atoms with Crippen LogP contribution >= 0.6 is 0 Å². The van der Waals surface area contributed by atoms with Gasteiger partial charge in [0.25, 0.3) is 0 Å². The number of hydrazone groups is 1. The number of nitrogens with two attached hydrogens (primary N) is 2. The molecule has 1 heterocycles. The Morgan fingerprint density at radius 3 is 2.92 bits per heavy atom. The van der Waals surface area contributed by atoms with Gasteiger partial charge in [-0.2, -0.15) is 0 Å². The van der Waals surface area contributed by atoms with Crippen molar-refractivity contribution in [3.05, 3.63) is 0 Å². The lowest BCUT2D eigenvalue weighted by atomic mass is 10.3. The third-order valence-electron chi connectivity index (χ3n) is 2.05. The van der Waals surface area contributed by atoms with E-state index in [0.29, 0.717) is 12.5 Å². The summed E-state index contributed by atoms with van der Waals surface area (Å²) in [6.45, 7) is 2.98. The lowest BCUT2D eigenvalue weighted by Crippen LogP contribution is -2.40. The molecule has 0 saturated carbocycles. The van der Waals surface area contributed by atoms with E-state index in [0.717, 1.165) is 13.0 Å². The molecule has 0 bridgehead atoms. The summed E-state index contributed by atoms with van der Waals surface area (Å²) >= 11 is 0. The number of hydrogen-bond donors (Lipinski definition) is 3. The Morgan fingerprint density at radius 2 is 2.38 bits per heavy atom. The second-order valence-electron chi connectivity index (χ2n) is 3.12. The molecule has 0 aromatic carbocycles. The zero-order valence-electron chi connectivity index (χ0n) is 7.66. The Labute approximate surface area is 76.9 Å². The van der Waals surface area contributed by atoms with Crippen molar-refractivity contribution < 1.29 is 4.79 Å². The fourth-order valence-electron chi connectivity index (χ4n) is 1.46. The summed E-state index contributed by atoms with van der Waals surface area (Å²) in [4.78, 5) is 12.6.